The smallest absolute Gasteiger partial charge is 0.265 e. The van der Waals surface area contributed by atoms with Gasteiger partial charge in [0.1, 0.15) is 10.6 Å². The van der Waals surface area contributed by atoms with Gasteiger partial charge in [-0.3, -0.25) is 4.79 Å². The van der Waals surface area contributed by atoms with Gasteiger partial charge in [0.2, 0.25) is 0 Å². The molecule has 0 unspecified atom stereocenters. The van der Waals surface area contributed by atoms with Gasteiger partial charge in [-0.2, -0.15) is 0 Å². The Labute approximate surface area is 128 Å². The summed E-state index contributed by atoms with van der Waals surface area (Å²) < 4.78 is 9.40. The number of amides is 1. The highest BCUT2D eigenvalue weighted by atomic mass is 32.1. The molecule has 1 heterocycles. The standard InChI is InChI=1S/C15H19N3O2S/c1-4-13-14(21-18-17-13)15(19)16-9-11-5-7-12(8-6-11)20-10(2)3/h5-8,10H,4,9H2,1-3H3,(H,16,19). The Hall–Kier alpha value is -1.95. The number of nitrogens with zero attached hydrogens (tertiary/aromatic N) is 2. The van der Waals surface area contributed by atoms with Crippen molar-refractivity contribution < 1.29 is 9.53 Å². The largest absolute Gasteiger partial charge is 0.491 e. The predicted molar refractivity (Wildman–Crippen MR) is 82.7 cm³/mol. The molecule has 0 aliphatic carbocycles. The molecule has 1 aromatic heterocycles. The Bertz CT molecular complexity index is 593. The third kappa shape index (κ3) is 4.26. The Morgan fingerprint density at radius 2 is 2.05 bits per heavy atom. The van der Waals surface area contributed by atoms with Crippen LogP contribution >= 0.6 is 11.5 Å². The number of benzene rings is 1. The molecule has 2 aromatic rings. The Morgan fingerprint density at radius 3 is 2.67 bits per heavy atom. The summed E-state index contributed by atoms with van der Waals surface area (Å²) in [5, 5.41) is 6.83. The van der Waals surface area contributed by atoms with Crippen LogP contribution in [0.15, 0.2) is 24.3 Å². The highest BCUT2D eigenvalue weighted by Crippen LogP contribution is 2.14. The van der Waals surface area contributed by atoms with Crippen molar-refractivity contribution in [2.24, 2.45) is 0 Å². The predicted octanol–water partition coefficient (Wildman–Crippen LogP) is 2.82. The average molecular weight is 305 g/mol. The molecule has 2 rings (SSSR count). The normalized spacial score (nSPS) is 10.7. The molecule has 0 atom stereocenters. The van der Waals surface area contributed by atoms with Crippen LogP contribution in [0.2, 0.25) is 0 Å². The fraction of sp³-hybridized carbons (Fsp3) is 0.400. The fourth-order valence-electron chi connectivity index (χ4n) is 1.83. The maximum Gasteiger partial charge on any atom is 0.265 e. The zero-order chi connectivity index (χ0) is 15.2. The van der Waals surface area contributed by atoms with Crippen LogP contribution in [0.25, 0.3) is 0 Å². The van der Waals surface area contributed by atoms with E-state index in [9.17, 15) is 4.79 Å². The van der Waals surface area contributed by atoms with Crippen LogP contribution in [-0.4, -0.2) is 21.6 Å². The van der Waals surface area contributed by atoms with Crippen molar-refractivity contribution in [2.75, 3.05) is 0 Å². The summed E-state index contributed by atoms with van der Waals surface area (Å²) in [6.45, 7) is 6.41. The van der Waals surface area contributed by atoms with Crippen LogP contribution < -0.4 is 10.1 Å². The van der Waals surface area contributed by atoms with E-state index in [0.717, 1.165) is 28.5 Å². The van der Waals surface area contributed by atoms with Crippen LogP contribution in [0.1, 0.15) is 41.7 Å². The first-order valence-electron chi connectivity index (χ1n) is 6.95. The molecule has 1 amide bonds. The maximum absolute atomic E-state index is 12.1. The molecule has 6 heteroatoms. The molecule has 0 aliphatic heterocycles. The maximum atomic E-state index is 12.1. The molecule has 0 spiro atoms. The molecule has 1 aromatic carbocycles. The highest BCUT2D eigenvalue weighted by molar-refractivity contribution is 7.08. The van der Waals surface area contributed by atoms with E-state index in [4.69, 9.17) is 4.74 Å². The van der Waals surface area contributed by atoms with Gasteiger partial charge in [-0.1, -0.05) is 23.5 Å². The Morgan fingerprint density at radius 1 is 1.33 bits per heavy atom. The topological polar surface area (TPSA) is 64.1 Å². The number of rotatable bonds is 6. The first-order valence-corrected chi connectivity index (χ1v) is 7.72. The lowest BCUT2D eigenvalue weighted by Gasteiger charge is -2.10. The van der Waals surface area contributed by atoms with Gasteiger partial charge in [0.05, 0.1) is 11.8 Å². The van der Waals surface area contributed by atoms with E-state index in [1.165, 1.54) is 0 Å². The summed E-state index contributed by atoms with van der Waals surface area (Å²) in [6, 6.07) is 7.72. The van der Waals surface area contributed by atoms with Gasteiger partial charge in [0.25, 0.3) is 5.91 Å². The van der Waals surface area contributed by atoms with Crippen molar-refractivity contribution in [3.8, 4) is 5.75 Å². The third-order valence-corrected chi connectivity index (χ3v) is 3.61. The van der Waals surface area contributed by atoms with Crippen LogP contribution in [0.5, 0.6) is 5.75 Å². The number of nitrogens with one attached hydrogen (secondary N) is 1. The van der Waals surface area contributed by atoms with Crippen LogP contribution in [0, 0.1) is 0 Å². The quantitative estimate of drug-likeness (QED) is 0.891. The third-order valence-electron chi connectivity index (χ3n) is 2.85. The first kappa shape index (κ1) is 15.4. The van der Waals surface area contributed by atoms with Gasteiger partial charge in [0.15, 0.2) is 0 Å². The zero-order valence-corrected chi connectivity index (χ0v) is 13.2. The number of carbonyl (C=O) groups excluding carboxylic acids is 1. The number of carbonyl (C=O) groups is 1. The Kier molecular flexibility index (Phi) is 5.27. The molecule has 1 N–H and O–H groups in total. The van der Waals surface area contributed by atoms with Gasteiger partial charge in [0, 0.05) is 6.54 Å². The van der Waals surface area contributed by atoms with Gasteiger partial charge < -0.3 is 10.1 Å². The second-order valence-electron chi connectivity index (χ2n) is 4.90. The number of aromatic nitrogens is 2. The summed E-state index contributed by atoms with van der Waals surface area (Å²) >= 11 is 1.13. The minimum Gasteiger partial charge on any atom is -0.491 e. The minimum absolute atomic E-state index is 0.121. The summed E-state index contributed by atoms with van der Waals surface area (Å²) in [6.07, 6.45) is 0.863. The Balaban J connectivity index is 1.92. The minimum atomic E-state index is -0.121. The van der Waals surface area contributed by atoms with Crippen molar-refractivity contribution in [3.63, 3.8) is 0 Å². The molecule has 0 aliphatic rings. The number of hydrogen-bond donors (Lipinski definition) is 1. The second kappa shape index (κ2) is 7.17. The summed E-state index contributed by atoms with van der Waals surface area (Å²) in [5.41, 5.74) is 1.77. The van der Waals surface area contributed by atoms with Gasteiger partial charge in [-0.05, 0) is 49.5 Å². The lowest BCUT2D eigenvalue weighted by atomic mass is 10.2. The van der Waals surface area contributed by atoms with Crippen molar-refractivity contribution in [1.82, 2.24) is 14.9 Å². The molecule has 0 fully saturated rings. The fourth-order valence-corrected chi connectivity index (χ4v) is 2.50. The molecular weight excluding hydrogens is 286 g/mol. The van der Waals surface area contributed by atoms with E-state index >= 15 is 0 Å². The molecule has 112 valence electrons. The van der Waals surface area contributed by atoms with Gasteiger partial charge in [-0.25, -0.2) is 0 Å². The van der Waals surface area contributed by atoms with E-state index in [1.54, 1.807) is 0 Å². The zero-order valence-electron chi connectivity index (χ0n) is 12.4. The highest BCUT2D eigenvalue weighted by Gasteiger charge is 2.14. The van der Waals surface area contributed by atoms with Crippen molar-refractivity contribution >= 4 is 17.4 Å². The van der Waals surface area contributed by atoms with Crippen molar-refractivity contribution in [1.29, 1.82) is 0 Å². The SMILES string of the molecule is CCc1nnsc1C(=O)NCc1ccc(OC(C)C)cc1. The first-order chi connectivity index (χ1) is 10.1. The molecule has 5 nitrogen and oxygen atoms in total. The van der Waals surface area contributed by atoms with Crippen molar-refractivity contribution in [2.45, 2.75) is 39.8 Å². The van der Waals surface area contributed by atoms with Crippen LogP contribution in [0.4, 0.5) is 0 Å². The number of hydrogen-bond acceptors (Lipinski definition) is 5. The van der Waals surface area contributed by atoms with E-state index < -0.39 is 0 Å². The van der Waals surface area contributed by atoms with Gasteiger partial charge >= 0.3 is 0 Å². The van der Waals surface area contributed by atoms with E-state index in [-0.39, 0.29) is 12.0 Å². The molecule has 21 heavy (non-hydrogen) atoms. The second-order valence-corrected chi connectivity index (χ2v) is 5.65. The monoisotopic (exact) mass is 305 g/mol. The number of aryl methyl sites for hydroxylation is 1. The molecular formula is C15H19N3O2S. The van der Waals surface area contributed by atoms with E-state index in [2.05, 4.69) is 14.9 Å². The van der Waals surface area contributed by atoms with Gasteiger partial charge in [-0.15, -0.1) is 5.10 Å². The summed E-state index contributed by atoms with van der Waals surface area (Å²) in [7, 11) is 0. The van der Waals surface area contributed by atoms with Crippen LogP contribution in [0.3, 0.4) is 0 Å². The summed E-state index contributed by atoms with van der Waals surface area (Å²) in [4.78, 5) is 12.7. The van der Waals surface area contributed by atoms with Crippen molar-refractivity contribution in [3.05, 3.63) is 40.4 Å². The number of ether oxygens (including phenoxy) is 1. The average Bonchev–Trinajstić information content (AvgIpc) is 2.94. The summed E-state index contributed by atoms with van der Waals surface area (Å²) in [5.74, 6) is 0.712. The molecule has 0 saturated heterocycles. The molecule has 0 bridgehead atoms. The molecule has 0 saturated carbocycles. The molecule has 0 radical (unpaired) electrons. The van der Waals surface area contributed by atoms with E-state index in [0.29, 0.717) is 17.8 Å². The lowest BCUT2D eigenvalue weighted by Crippen LogP contribution is -2.22. The van der Waals surface area contributed by atoms with Crippen LogP contribution in [-0.2, 0) is 13.0 Å². The lowest BCUT2D eigenvalue weighted by molar-refractivity contribution is 0.0954. The van der Waals surface area contributed by atoms with E-state index in [1.807, 2.05) is 45.0 Å².